The lowest BCUT2D eigenvalue weighted by molar-refractivity contribution is -0.129. The van der Waals surface area contributed by atoms with E-state index in [1.54, 1.807) is 25.6 Å². The summed E-state index contributed by atoms with van der Waals surface area (Å²) in [4.78, 5) is 20.6. The van der Waals surface area contributed by atoms with Crippen LogP contribution in [0.3, 0.4) is 0 Å². The van der Waals surface area contributed by atoms with Crippen LogP contribution in [0.15, 0.2) is 36.7 Å². The molecule has 2 aromatic rings. The molecule has 1 amide bonds. The first kappa shape index (κ1) is 19.0. The summed E-state index contributed by atoms with van der Waals surface area (Å²) < 4.78 is 5.28. The van der Waals surface area contributed by atoms with Crippen molar-refractivity contribution < 1.29 is 9.53 Å². The van der Waals surface area contributed by atoms with Crippen LogP contribution in [0.25, 0.3) is 0 Å². The molecule has 0 aliphatic carbocycles. The van der Waals surface area contributed by atoms with E-state index in [1.165, 1.54) is 6.21 Å². The number of rotatable bonds is 6. The van der Waals surface area contributed by atoms with E-state index < -0.39 is 0 Å². The Morgan fingerprint density at radius 2 is 2.11 bits per heavy atom. The van der Waals surface area contributed by atoms with Crippen molar-refractivity contribution in [2.24, 2.45) is 0 Å². The normalized spacial score (nSPS) is 14.0. The molecule has 1 aliphatic rings. The minimum Gasteiger partial charge on any atom is -0.495 e. The van der Waals surface area contributed by atoms with Gasteiger partial charge in [0.1, 0.15) is 5.75 Å². The van der Waals surface area contributed by atoms with E-state index >= 15 is 0 Å². The van der Waals surface area contributed by atoms with Gasteiger partial charge in [-0.3, -0.25) is 9.78 Å². The fourth-order valence-corrected chi connectivity index (χ4v) is 3.22. The van der Waals surface area contributed by atoms with Crippen molar-refractivity contribution >= 4 is 35.1 Å². The molecule has 0 atom stereocenters. The quantitative estimate of drug-likeness (QED) is 0.744. The van der Waals surface area contributed by atoms with E-state index in [9.17, 15) is 4.79 Å². The molecule has 8 heteroatoms. The Bertz CT molecular complexity index is 821. The van der Waals surface area contributed by atoms with Crippen LogP contribution in [-0.2, 0) is 4.79 Å². The lowest BCUT2D eigenvalue weighted by Gasteiger charge is -2.36. The van der Waals surface area contributed by atoms with Gasteiger partial charge in [0.05, 0.1) is 30.6 Å². The summed E-state index contributed by atoms with van der Waals surface area (Å²) >= 11 is 6.09. The molecule has 0 spiro atoms. The van der Waals surface area contributed by atoms with Gasteiger partial charge in [-0.25, -0.2) is 0 Å². The number of carbonyl (C=O) groups excluding carboxylic acids is 1. The largest absolute Gasteiger partial charge is 0.495 e. The van der Waals surface area contributed by atoms with E-state index in [-0.39, 0.29) is 12.5 Å². The average molecular weight is 388 g/mol. The summed E-state index contributed by atoms with van der Waals surface area (Å²) in [5, 5.41) is 11.1. The van der Waals surface area contributed by atoms with Gasteiger partial charge in [-0.1, -0.05) is 11.6 Å². The predicted octanol–water partition coefficient (Wildman–Crippen LogP) is 2.50. The number of piperazine rings is 1. The average Bonchev–Trinajstić information content (AvgIpc) is 2.72. The topological polar surface area (TPSA) is 81.6 Å². The van der Waals surface area contributed by atoms with Crippen LogP contribution in [0.1, 0.15) is 5.56 Å². The summed E-state index contributed by atoms with van der Waals surface area (Å²) in [5.74, 6) is 0.679. The number of nitrogens with zero attached hydrogens (tertiary/aromatic N) is 3. The molecule has 0 unspecified atom stereocenters. The zero-order valence-electron chi connectivity index (χ0n) is 15.1. The van der Waals surface area contributed by atoms with Gasteiger partial charge < -0.3 is 25.3 Å². The molecule has 1 saturated heterocycles. The third kappa shape index (κ3) is 4.49. The summed E-state index contributed by atoms with van der Waals surface area (Å²) in [7, 11) is 1.60. The van der Waals surface area contributed by atoms with Crippen LogP contribution >= 0.6 is 11.6 Å². The molecule has 0 saturated carbocycles. The van der Waals surface area contributed by atoms with E-state index in [0.29, 0.717) is 35.1 Å². The zero-order valence-corrected chi connectivity index (χ0v) is 15.9. The highest BCUT2D eigenvalue weighted by Gasteiger charge is 2.21. The maximum absolute atomic E-state index is 12.5. The molecule has 1 aromatic carbocycles. The number of pyridine rings is 1. The van der Waals surface area contributed by atoms with Crippen molar-refractivity contribution in [3.05, 3.63) is 47.2 Å². The lowest BCUT2D eigenvalue weighted by Crippen LogP contribution is -2.50. The molecule has 1 aromatic heterocycles. The van der Waals surface area contributed by atoms with Crippen LogP contribution in [0, 0.1) is 5.41 Å². The molecule has 142 valence electrons. The van der Waals surface area contributed by atoms with Crippen molar-refractivity contribution in [2.45, 2.75) is 0 Å². The van der Waals surface area contributed by atoms with Gasteiger partial charge in [0, 0.05) is 55.9 Å². The fourth-order valence-electron chi connectivity index (χ4n) is 3.02. The van der Waals surface area contributed by atoms with Gasteiger partial charge in [-0.2, -0.15) is 0 Å². The van der Waals surface area contributed by atoms with Crippen LogP contribution in [0.5, 0.6) is 5.75 Å². The molecular weight excluding hydrogens is 366 g/mol. The van der Waals surface area contributed by atoms with Crippen LogP contribution in [-0.4, -0.2) is 61.8 Å². The smallest absolute Gasteiger partial charge is 0.241 e. The van der Waals surface area contributed by atoms with E-state index in [2.05, 4.69) is 15.2 Å². The van der Waals surface area contributed by atoms with Crippen LogP contribution in [0.2, 0.25) is 5.02 Å². The predicted molar refractivity (Wildman–Crippen MR) is 107 cm³/mol. The highest BCUT2D eigenvalue weighted by atomic mass is 35.5. The maximum Gasteiger partial charge on any atom is 0.241 e. The minimum absolute atomic E-state index is 0.0307. The number of aromatic nitrogens is 1. The van der Waals surface area contributed by atoms with Crippen molar-refractivity contribution in [3.63, 3.8) is 0 Å². The molecule has 1 aliphatic heterocycles. The first-order valence-corrected chi connectivity index (χ1v) is 9.05. The zero-order chi connectivity index (χ0) is 19.2. The van der Waals surface area contributed by atoms with Crippen molar-refractivity contribution in [1.29, 1.82) is 5.41 Å². The summed E-state index contributed by atoms with van der Waals surface area (Å²) in [6.45, 7) is 2.97. The highest BCUT2D eigenvalue weighted by molar-refractivity contribution is 6.32. The van der Waals surface area contributed by atoms with Gasteiger partial charge >= 0.3 is 0 Å². The number of nitrogens with one attached hydrogen (secondary N) is 2. The summed E-state index contributed by atoms with van der Waals surface area (Å²) in [6.07, 6.45) is 4.49. The first-order valence-electron chi connectivity index (χ1n) is 8.67. The van der Waals surface area contributed by atoms with E-state index in [0.717, 1.165) is 18.8 Å². The lowest BCUT2D eigenvalue weighted by atomic mass is 10.2. The van der Waals surface area contributed by atoms with E-state index in [4.69, 9.17) is 21.7 Å². The Kier molecular flexibility index (Phi) is 6.13. The Balaban J connectivity index is 1.54. The monoisotopic (exact) mass is 387 g/mol. The van der Waals surface area contributed by atoms with Crippen molar-refractivity contribution in [3.8, 4) is 5.75 Å². The van der Waals surface area contributed by atoms with Gasteiger partial charge in [0.2, 0.25) is 5.91 Å². The van der Waals surface area contributed by atoms with Gasteiger partial charge in [0.15, 0.2) is 0 Å². The first-order chi connectivity index (χ1) is 13.1. The van der Waals surface area contributed by atoms with Gasteiger partial charge in [0.25, 0.3) is 0 Å². The molecule has 7 nitrogen and oxygen atoms in total. The molecule has 0 bridgehead atoms. The number of ether oxygens (including phenoxy) is 1. The number of benzene rings is 1. The summed E-state index contributed by atoms with van der Waals surface area (Å²) in [5.41, 5.74) is 2.43. The molecule has 27 heavy (non-hydrogen) atoms. The molecule has 3 rings (SSSR count). The number of halogens is 1. The Labute approximate surface area is 163 Å². The third-order valence-electron chi connectivity index (χ3n) is 4.57. The molecule has 1 fully saturated rings. The van der Waals surface area contributed by atoms with Crippen LogP contribution in [0.4, 0.5) is 11.4 Å². The van der Waals surface area contributed by atoms with E-state index in [1.807, 2.05) is 23.1 Å². The maximum atomic E-state index is 12.5. The second kappa shape index (κ2) is 8.73. The standard InChI is InChI=1S/C19H22ClN5O2/c1-27-18-10-15(2-3-16(18)20)24-6-8-25(9-7-24)19(26)13-23-17-12-22-5-4-14(17)11-21/h2-5,10-12,21,23H,6-9,13H2,1H3. The van der Waals surface area contributed by atoms with Crippen LogP contribution < -0.4 is 15.0 Å². The third-order valence-corrected chi connectivity index (χ3v) is 4.88. The minimum atomic E-state index is 0.0307. The number of hydrogen-bond donors (Lipinski definition) is 2. The van der Waals surface area contributed by atoms with Crippen molar-refractivity contribution in [2.75, 3.05) is 50.1 Å². The number of methoxy groups -OCH3 is 1. The highest BCUT2D eigenvalue weighted by Crippen LogP contribution is 2.29. The molecular formula is C19H22ClN5O2. The number of carbonyl (C=O) groups is 1. The number of amides is 1. The second-order valence-corrected chi connectivity index (χ2v) is 6.55. The second-order valence-electron chi connectivity index (χ2n) is 6.15. The molecule has 0 radical (unpaired) electrons. The Morgan fingerprint density at radius 1 is 1.33 bits per heavy atom. The molecule has 2 heterocycles. The number of anilines is 2. The fraction of sp³-hybridized carbons (Fsp3) is 0.316. The van der Waals surface area contributed by atoms with Crippen molar-refractivity contribution in [1.82, 2.24) is 9.88 Å². The van der Waals surface area contributed by atoms with Gasteiger partial charge in [-0.05, 0) is 18.2 Å². The summed E-state index contributed by atoms with van der Waals surface area (Å²) in [6, 6.07) is 7.44. The van der Waals surface area contributed by atoms with Gasteiger partial charge in [-0.15, -0.1) is 0 Å². The number of hydrogen-bond acceptors (Lipinski definition) is 6. The Morgan fingerprint density at radius 3 is 2.81 bits per heavy atom. The Hall–Kier alpha value is -2.80. The SMILES string of the molecule is COc1cc(N2CCN(C(=O)CNc3cnccc3C=N)CC2)ccc1Cl. The molecule has 2 N–H and O–H groups in total.